The third-order valence-corrected chi connectivity index (χ3v) is 2.36. The van der Waals surface area contributed by atoms with Crippen LogP contribution in [0.1, 0.15) is 10.5 Å². The van der Waals surface area contributed by atoms with Crippen LogP contribution in [0.25, 0.3) is 0 Å². The van der Waals surface area contributed by atoms with Crippen LogP contribution in [0.5, 0.6) is 0 Å². The lowest BCUT2D eigenvalue weighted by molar-refractivity contribution is 0.102. The van der Waals surface area contributed by atoms with Crippen LogP contribution < -0.4 is 10.8 Å². The minimum Gasteiger partial charge on any atom is -0.423 e. The van der Waals surface area contributed by atoms with Crippen molar-refractivity contribution in [2.24, 2.45) is 0 Å². The molecule has 90 valence electrons. The molecular formula is C12H11BN2O3. The number of anilines is 1. The van der Waals surface area contributed by atoms with Crippen molar-refractivity contribution in [1.82, 2.24) is 4.98 Å². The van der Waals surface area contributed by atoms with Gasteiger partial charge in [0.25, 0.3) is 5.91 Å². The number of rotatable bonds is 3. The molecular weight excluding hydrogens is 231 g/mol. The molecule has 0 saturated carbocycles. The van der Waals surface area contributed by atoms with Gasteiger partial charge in [-0.2, -0.15) is 0 Å². The molecule has 3 N–H and O–H groups in total. The highest BCUT2D eigenvalue weighted by Gasteiger charge is 2.11. The smallest absolute Gasteiger partial charge is 0.423 e. The first-order valence-corrected chi connectivity index (χ1v) is 5.35. The fraction of sp³-hybridized carbons (Fsp3) is 0. The predicted octanol–water partition coefficient (Wildman–Crippen LogP) is 0.0137. The summed E-state index contributed by atoms with van der Waals surface area (Å²) in [6.07, 6.45) is 1.54. The predicted molar refractivity (Wildman–Crippen MR) is 68.5 cm³/mol. The lowest BCUT2D eigenvalue weighted by atomic mass is 9.80. The third kappa shape index (κ3) is 2.94. The molecule has 6 heteroatoms. The van der Waals surface area contributed by atoms with Crippen molar-refractivity contribution in [2.45, 2.75) is 0 Å². The maximum Gasteiger partial charge on any atom is 0.488 e. The Kier molecular flexibility index (Phi) is 3.71. The quantitative estimate of drug-likeness (QED) is 0.662. The molecule has 0 aliphatic carbocycles. The monoisotopic (exact) mass is 242 g/mol. The fourth-order valence-electron chi connectivity index (χ4n) is 1.43. The van der Waals surface area contributed by atoms with Crippen LogP contribution in [0.15, 0.2) is 48.7 Å². The summed E-state index contributed by atoms with van der Waals surface area (Å²) in [6.45, 7) is 0. The number of pyridine rings is 1. The minimum atomic E-state index is -1.51. The lowest BCUT2D eigenvalue weighted by Crippen LogP contribution is -2.29. The largest absolute Gasteiger partial charge is 0.488 e. The van der Waals surface area contributed by atoms with Gasteiger partial charge >= 0.3 is 7.12 Å². The molecule has 1 aromatic heterocycles. The van der Waals surface area contributed by atoms with Crippen LogP contribution in [0.3, 0.4) is 0 Å². The van der Waals surface area contributed by atoms with Crippen LogP contribution in [0.2, 0.25) is 0 Å². The molecule has 1 amide bonds. The normalized spacial score (nSPS) is 9.89. The Labute approximate surface area is 104 Å². The van der Waals surface area contributed by atoms with Crippen molar-refractivity contribution in [3.63, 3.8) is 0 Å². The van der Waals surface area contributed by atoms with Gasteiger partial charge in [-0.05, 0) is 29.7 Å². The SMILES string of the molecule is O=C(Nc1ccc(B(O)O)cc1)c1ccccn1. The van der Waals surface area contributed by atoms with E-state index in [1.807, 2.05) is 0 Å². The molecule has 0 fully saturated rings. The topological polar surface area (TPSA) is 82.5 Å². The van der Waals surface area contributed by atoms with Crippen molar-refractivity contribution < 1.29 is 14.8 Å². The number of amides is 1. The summed E-state index contributed by atoms with van der Waals surface area (Å²) in [6, 6.07) is 11.3. The van der Waals surface area contributed by atoms with E-state index >= 15 is 0 Å². The first-order chi connectivity index (χ1) is 8.66. The van der Waals surface area contributed by atoms with E-state index in [-0.39, 0.29) is 5.91 Å². The molecule has 0 spiro atoms. The second-order valence-electron chi connectivity index (χ2n) is 3.66. The number of carbonyl (C=O) groups is 1. The highest BCUT2D eigenvalue weighted by molar-refractivity contribution is 6.58. The molecule has 0 aliphatic heterocycles. The minimum absolute atomic E-state index is 0.312. The number of hydrogen-bond donors (Lipinski definition) is 3. The number of aromatic nitrogens is 1. The number of benzene rings is 1. The van der Waals surface area contributed by atoms with Crippen LogP contribution in [0.4, 0.5) is 5.69 Å². The molecule has 0 saturated heterocycles. The van der Waals surface area contributed by atoms with E-state index in [9.17, 15) is 4.79 Å². The summed E-state index contributed by atoms with van der Waals surface area (Å²) < 4.78 is 0. The molecule has 0 atom stereocenters. The Morgan fingerprint density at radius 3 is 2.39 bits per heavy atom. The second kappa shape index (κ2) is 5.44. The number of carbonyl (C=O) groups excluding carboxylic acids is 1. The average molecular weight is 242 g/mol. The highest BCUT2D eigenvalue weighted by atomic mass is 16.4. The zero-order valence-corrected chi connectivity index (χ0v) is 9.45. The first-order valence-electron chi connectivity index (χ1n) is 5.35. The molecule has 18 heavy (non-hydrogen) atoms. The maximum absolute atomic E-state index is 11.8. The van der Waals surface area contributed by atoms with E-state index < -0.39 is 7.12 Å². The van der Waals surface area contributed by atoms with Gasteiger partial charge in [-0.15, -0.1) is 0 Å². The molecule has 1 heterocycles. The van der Waals surface area contributed by atoms with E-state index in [0.29, 0.717) is 16.8 Å². The van der Waals surface area contributed by atoms with Gasteiger partial charge < -0.3 is 15.4 Å². The van der Waals surface area contributed by atoms with Gasteiger partial charge in [0, 0.05) is 11.9 Å². The summed E-state index contributed by atoms with van der Waals surface area (Å²) in [7, 11) is -1.51. The Morgan fingerprint density at radius 1 is 1.11 bits per heavy atom. The van der Waals surface area contributed by atoms with E-state index in [2.05, 4.69) is 10.3 Å². The van der Waals surface area contributed by atoms with Crippen molar-refractivity contribution in [1.29, 1.82) is 0 Å². The van der Waals surface area contributed by atoms with E-state index in [1.165, 1.54) is 12.1 Å². The summed E-state index contributed by atoms with van der Waals surface area (Å²) in [5.74, 6) is -0.312. The summed E-state index contributed by atoms with van der Waals surface area (Å²) in [5.41, 5.74) is 1.25. The van der Waals surface area contributed by atoms with E-state index in [0.717, 1.165) is 0 Å². The Hall–Kier alpha value is -2.18. The number of nitrogens with zero attached hydrogens (tertiary/aromatic N) is 1. The van der Waals surface area contributed by atoms with Gasteiger partial charge in [-0.1, -0.05) is 18.2 Å². The van der Waals surface area contributed by atoms with Crippen molar-refractivity contribution >= 4 is 24.2 Å². The van der Waals surface area contributed by atoms with E-state index in [4.69, 9.17) is 10.0 Å². The average Bonchev–Trinajstić information content (AvgIpc) is 2.40. The molecule has 0 unspecified atom stereocenters. The van der Waals surface area contributed by atoms with Crippen LogP contribution in [-0.4, -0.2) is 28.1 Å². The van der Waals surface area contributed by atoms with Gasteiger partial charge in [-0.3, -0.25) is 9.78 Å². The zero-order valence-electron chi connectivity index (χ0n) is 9.45. The molecule has 1 aromatic carbocycles. The Morgan fingerprint density at radius 2 is 1.83 bits per heavy atom. The standard InChI is InChI=1S/C12H11BN2O3/c16-12(11-3-1-2-8-14-11)15-10-6-4-9(5-7-10)13(17)18/h1-8,17-18H,(H,15,16). The van der Waals surface area contributed by atoms with Gasteiger partial charge in [0.05, 0.1) is 0 Å². The van der Waals surface area contributed by atoms with Crippen molar-refractivity contribution in [2.75, 3.05) is 5.32 Å². The Bertz CT molecular complexity index is 529. The van der Waals surface area contributed by atoms with Crippen molar-refractivity contribution in [3.8, 4) is 0 Å². The Balaban J connectivity index is 2.08. The first kappa shape index (κ1) is 12.3. The van der Waals surface area contributed by atoms with E-state index in [1.54, 1.807) is 36.5 Å². The lowest BCUT2D eigenvalue weighted by Gasteiger charge is -2.05. The molecule has 5 nitrogen and oxygen atoms in total. The molecule has 0 aliphatic rings. The number of nitrogens with one attached hydrogen (secondary N) is 1. The molecule has 2 aromatic rings. The maximum atomic E-state index is 11.8. The summed E-state index contributed by atoms with van der Waals surface area (Å²) in [4.78, 5) is 15.7. The molecule has 0 radical (unpaired) electrons. The van der Waals surface area contributed by atoms with Crippen LogP contribution >= 0.6 is 0 Å². The van der Waals surface area contributed by atoms with Gasteiger partial charge in [0.15, 0.2) is 0 Å². The second-order valence-corrected chi connectivity index (χ2v) is 3.66. The van der Waals surface area contributed by atoms with Crippen molar-refractivity contribution in [3.05, 3.63) is 54.4 Å². The summed E-state index contributed by atoms with van der Waals surface area (Å²) in [5, 5.41) is 20.5. The number of hydrogen-bond acceptors (Lipinski definition) is 4. The van der Waals surface area contributed by atoms with Gasteiger partial charge in [-0.25, -0.2) is 0 Å². The van der Waals surface area contributed by atoms with Crippen LogP contribution in [-0.2, 0) is 0 Å². The molecule has 0 bridgehead atoms. The van der Waals surface area contributed by atoms with Crippen LogP contribution in [0, 0.1) is 0 Å². The zero-order chi connectivity index (χ0) is 13.0. The highest BCUT2D eigenvalue weighted by Crippen LogP contribution is 2.06. The molecule has 2 rings (SSSR count). The van der Waals surface area contributed by atoms with Gasteiger partial charge in [0.2, 0.25) is 0 Å². The van der Waals surface area contributed by atoms with Gasteiger partial charge in [0.1, 0.15) is 5.69 Å². The summed E-state index contributed by atoms with van der Waals surface area (Å²) >= 11 is 0. The fourth-order valence-corrected chi connectivity index (χ4v) is 1.43. The third-order valence-electron chi connectivity index (χ3n) is 2.36.